The SMILES string of the molecule is CCN(CCCN(C)C)C(=O)c1ccc(OC)cc1F. The van der Waals surface area contributed by atoms with Crippen LogP contribution in [0.15, 0.2) is 18.2 Å². The lowest BCUT2D eigenvalue weighted by atomic mass is 10.1. The predicted octanol–water partition coefficient (Wildman–Crippen LogP) is 2.25. The molecule has 0 atom stereocenters. The smallest absolute Gasteiger partial charge is 0.256 e. The Morgan fingerprint density at radius 3 is 2.50 bits per heavy atom. The molecule has 1 amide bonds. The molecule has 0 aliphatic heterocycles. The summed E-state index contributed by atoms with van der Waals surface area (Å²) in [5.74, 6) is -0.401. The quantitative estimate of drug-likeness (QED) is 0.769. The maximum atomic E-state index is 13.9. The molecule has 1 rings (SSSR count). The summed E-state index contributed by atoms with van der Waals surface area (Å²) in [7, 11) is 5.44. The molecule has 4 nitrogen and oxygen atoms in total. The highest BCUT2D eigenvalue weighted by Crippen LogP contribution is 2.17. The first-order valence-corrected chi connectivity index (χ1v) is 6.77. The highest BCUT2D eigenvalue weighted by atomic mass is 19.1. The molecular weight excluding hydrogens is 259 g/mol. The van der Waals surface area contributed by atoms with E-state index in [-0.39, 0.29) is 11.5 Å². The molecule has 20 heavy (non-hydrogen) atoms. The maximum Gasteiger partial charge on any atom is 0.256 e. The van der Waals surface area contributed by atoms with Crippen molar-refractivity contribution in [2.45, 2.75) is 13.3 Å². The molecule has 0 aromatic heterocycles. The number of nitrogens with zero attached hydrogens (tertiary/aromatic N) is 2. The van der Waals surface area contributed by atoms with Crippen LogP contribution in [0.1, 0.15) is 23.7 Å². The van der Waals surface area contributed by atoms with Crippen molar-refractivity contribution in [3.05, 3.63) is 29.6 Å². The third kappa shape index (κ3) is 4.49. The molecule has 5 heteroatoms. The van der Waals surface area contributed by atoms with Gasteiger partial charge in [0.05, 0.1) is 12.7 Å². The van der Waals surface area contributed by atoms with Gasteiger partial charge < -0.3 is 14.5 Å². The highest BCUT2D eigenvalue weighted by molar-refractivity contribution is 5.94. The van der Waals surface area contributed by atoms with Gasteiger partial charge in [0.15, 0.2) is 0 Å². The van der Waals surface area contributed by atoms with Crippen LogP contribution >= 0.6 is 0 Å². The van der Waals surface area contributed by atoms with Gasteiger partial charge in [-0.05, 0) is 46.1 Å². The first-order valence-electron chi connectivity index (χ1n) is 6.77. The fraction of sp³-hybridized carbons (Fsp3) is 0.533. The average molecular weight is 282 g/mol. The fourth-order valence-corrected chi connectivity index (χ4v) is 1.95. The summed E-state index contributed by atoms with van der Waals surface area (Å²) in [6.45, 7) is 3.99. The number of carbonyl (C=O) groups excluding carboxylic acids is 1. The third-order valence-corrected chi connectivity index (χ3v) is 3.11. The molecule has 0 radical (unpaired) electrons. The molecule has 1 aromatic rings. The number of amides is 1. The van der Waals surface area contributed by atoms with E-state index in [1.54, 1.807) is 11.0 Å². The van der Waals surface area contributed by atoms with Gasteiger partial charge in [-0.25, -0.2) is 4.39 Å². The van der Waals surface area contributed by atoms with E-state index in [0.717, 1.165) is 13.0 Å². The van der Waals surface area contributed by atoms with Gasteiger partial charge in [-0.1, -0.05) is 0 Å². The van der Waals surface area contributed by atoms with E-state index >= 15 is 0 Å². The Bertz CT molecular complexity index is 449. The number of halogens is 1. The van der Waals surface area contributed by atoms with Crippen molar-refractivity contribution in [3.63, 3.8) is 0 Å². The van der Waals surface area contributed by atoms with Crippen LogP contribution in [0.4, 0.5) is 4.39 Å². The summed E-state index contributed by atoms with van der Waals surface area (Å²) in [6.07, 6.45) is 0.865. The maximum absolute atomic E-state index is 13.9. The summed E-state index contributed by atoms with van der Waals surface area (Å²) in [6, 6.07) is 4.32. The first-order chi connectivity index (χ1) is 9.49. The van der Waals surface area contributed by atoms with E-state index in [4.69, 9.17) is 4.74 Å². The molecule has 0 N–H and O–H groups in total. The van der Waals surface area contributed by atoms with E-state index in [2.05, 4.69) is 4.90 Å². The lowest BCUT2D eigenvalue weighted by molar-refractivity contribution is 0.0754. The number of rotatable bonds is 7. The van der Waals surface area contributed by atoms with Crippen molar-refractivity contribution < 1.29 is 13.9 Å². The molecule has 0 bridgehead atoms. The third-order valence-electron chi connectivity index (χ3n) is 3.11. The normalized spacial score (nSPS) is 10.7. The zero-order chi connectivity index (χ0) is 15.1. The van der Waals surface area contributed by atoms with Crippen LogP contribution in [0, 0.1) is 5.82 Å². The van der Waals surface area contributed by atoms with Crippen molar-refractivity contribution in [2.24, 2.45) is 0 Å². The second-order valence-electron chi connectivity index (χ2n) is 4.89. The Morgan fingerprint density at radius 2 is 2.00 bits per heavy atom. The molecule has 0 unspecified atom stereocenters. The first kappa shape index (κ1) is 16.4. The van der Waals surface area contributed by atoms with E-state index in [1.807, 2.05) is 21.0 Å². The molecular formula is C15H23FN2O2. The Hall–Kier alpha value is -1.62. The van der Waals surface area contributed by atoms with Gasteiger partial charge in [0.1, 0.15) is 11.6 Å². The molecule has 112 valence electrons. The van der Waals surface area contributed by atoms with Gasteiger partial charge in [0.25, 0.3) is 5.91 Å². The Kier molecular flexibility index (Phi) is 6.45. The van der Waals surface area contributed by atoms with Gasteiger partial charge in [-0.2, -0.15) is 0 Å². The highest BCUT2D eigenvalue weighted by Gasteiger charge is 2.18. The largest absolute Gasteiger partial charge is 0.497 e. The van der Waals surface area contributed by atoms with Crippen LogP contribution < -0.4 is 4.74 Å². The van der Waals surface area contributed by atoms with Gasteiger partial charge in [-0.3, -0.25) is 4.79 Å². The molecule has 0 aliphatic rings. The molecule has 0 saturated carbocycles. The van der Waals surface area contributed by atoms with E-state index < -0.39 is 5.82 Å². The second-order valence-corrected chi connectivity index (χ2v) is 4.89. The lowest BCUT2D eigenvalue weighted by Crippen LogP contribution is -2.33. The van der Waals surface area contributed by atoms with Crippen LogP contribution in [0.25, 0.3) is 0 Å². The summed E-state index contributed by atoms with van der Waals surface area (Å²) in [5.41, 5.74) is 0.0949. The van der Waals surface area contributed by atoms with E-state index in [1.165, 1.54) is 19.2 Å². The molecule has 0 saturated heterocycles. The summed E-state index contributed by atoms with van der Waals surface area (Å²) < 4.78 is 18.8. The van der Waals surface area contributed by atoms with Crippen molar-refractivity contribution in [1.82, 2.24) is 9.80 Å². The molecule has 0 heterocycles. The number of hydrogen-bond acceptors (Lipinski definition) is 3. The Balaban J connectivity index is 2.75. The molecule has 0 spiro atoms. The Labute approximate surface area is 120 Å². The van der Waals surface area contributed by atoms with Crippen LogP contribution in [0.2, 0.25) is 0 Å². The second kappa shape index (κ2) is 7.85. The minimum Gasteiger partial charge on any atom is -0.497 e. The van der Waals surface area contributed by atoms with Gasteiger partial charge in [0, 0.05) is 19.2 Å². The molecule has 1 aromatic carbocycles. The Morgan fingerprint density at radius 1 is 1.30 bits per heavy atom. The number of methoxy groups -OCH3 is 1. The van der Waals surface area contributed by atoms with Crippen molar-refractivity contribution in [2.75, 3.05) is 40.8 Å². The number of ether oxygens (including phenoxy) is 1. The standard InChI is InChI=1S/C15H23FN2O2/c1-5-18(10-6-9-17(2)3)15(19)13-8-7-12(20-4)11-14(13)16/h7-8,11H,5-6,9-10H2,1-4H3. The number of hydrogen-bond donors (Lipinski definition) is 0. The van der Waals surface area contributed by atoms with Crippen LogP contribution in [0.5, 0.6) is 5.75 Å². The minimum atomic E-state index is -0.541. The average Bonchev–Trinajstić information content (AvgIpc) is 2.42. The van der Waals surface area contributed by atoms with Gasteiger partial charge in [-0.15, -0.1) is 0 Å². The summed E-state index contributed by atoms with van der Waals surface area (Å²) >= 11 is 0. The van der Waals surface area contributed by atoms with Crippen molar-refractivity contribution >= 4 is 5.91 Å². The minimum absolute atomic E-state index is 0.0949. The monoisotopic (exact) mass is 282 g/mol. The van der Waals surface area contributed by atoms with Gasteiger partial charge in [0.2, 0.25) is 0 Å². The topological polar surface area (TPSA) is 32.8 Å². The molecule has 0 fully saturated rings. The van der Waals surface area contributed by atoms with Crippen LogP contribution in [-0.4, -0.2) is 56.5 Å². The van der Waals surface area contributed by atoms with Crippen molar-refractivity contribution in [1.29, 1.82) is 0 Å². The summed E-state index contributed by atoms with van der Waals surface area (Å²) in [4.78, 5) is 16.0. The summed E-state index contributed by atoms with van der Waals surface area (Å²) in [5, 5.41) is 0. The lowest BCUT2D eigenvalue weighted by Gasteiger charge is -2.22. The molecule has 0 aliphatic carbocycles. The van der Waals surface area contributed by atoms with Crippen molar-refractivity contribution in [3.8, 4) is 5.75 Å². The van der Waals surface area contributed by atoms with Crippen LogP contribution in [0.3, 0.4) is 0 Å². The fourth-order valence-electron chi connectivity index (χ4n) is 1.95. The predicted molar refractivity (Wildman–Crippen MR) is 77.7 cm³/mol. The van der Waals surface area contributed by atoms with E-state index in [0.29, 0.717) is 18.8 Å². The number of benzene rings is 1. The number of carbonyl (C=O) groups is 1. The van der Waals surface area contributed by atoms with Crippen LogP contribution in [-0.2, 0) is 0 Å². The van der Waals surface area contributed by atoms with E-state index in [9.17, 15) is 9.18 Å². The zero-order valence-electron chi connectivity index (χ0n) is 12.6. The van der Waals surface area contributed by atoms with Gasteiger partial charge >= 0.3 is 0 Å². The zero-order valence-corrected chi connectivity index (χ0v) is 12.6.